The van der Waals surface area contributed by atoms with Crippen LogP contribution in [0.3, 0.4) is 0 Å². The molecule has 1 aromatic carbocycles. The highest BCUT2D eigenvalue weighted by molar-refractivity contribution is 5.78. The molecule has 3 aliphatic rings. The van der Waals surface area contributed by atoms with Gasteiger partial charge < -0.3 is 29.9 Å². The fraction of sp³-hybridized carbons (Fsp3) is 0.696. The van der Waals surface area contributed by atoms with Gasteiger partial charge in [-0.25, -0.2) is 0 Å². The smallest absolute Gasteiger partial charge is 0.223 e. The van der Waals surface area contributed by atoms with E-state index in [9.17, 15) is 15.0 Å². The van der Waals surface area contributed by atoms with Crippen LogP contribution in [-0.2, 0) is 9.53 Å². The zero-order chi connectivity index (χ0) is 21.8. The summed E-state index contributed by atoms with van der Waals surface area (Å²) in [7, 11) is 1.68. The molecule has 0 spiro atoms. The monoisotopic (exact) mass is 433 g/mol. The van der Waals surface area contributed by atoms with Crippen LogP contribution < -0.4 is 15.0 Å². The quantitative estimate of drug-likeness (QED) is 0.580. The van der Waals surface area contributed by atoms with E-state index in [1.165, 1.54) is 0 Å². The first-order valence-electron chi connectivity index (χ1n) is 11.5. The number of hydrogen-bond acceptors (Lipinski definition) is 7. The molecule has 1 aliphatic carbocycles. The number of nitrogens with zero attached hydrogens (tertiary/aromatic N) is 2. The predicted octanol–water partition coefficient (Wildman–Crippen LogP) is 0.613. The molecule has 0 unspecified atom stereocenters. The molecule has 0 bridgehead atoms. The average Bonchev–Trinajstić information content (AvgIpc) is 3.46. The number of methoxy groups -OCH3 is 1. The van der Waals surface area contributed by atoms with Crippen molar-refractivity contribution in [3.8, 4) is 5.75 Å². The van der Waals surface area contributed by atoms with Crippen LogP contribution >= 0.6 is 0 Å². The second-order valence-corrected chi connectivity index (χ2v) is 8.80. The maximum absolute atomic E-state index is 12.5. The molecule has 172 valence electrons. The Bertz CT molecular complexity index is 734. The van der Waals surface area contributed by atoms with Crippen LogP contribution in [0, 0.1) is 5.92 Å². The molecule has 8 heteroatoms. The van der Waals surface area contributed by atoms with Crippen molar-refractivity contribution < 1.29 is 24.5 Å². The third-order valence-corrected chi connectivity index (χ3v) is 7.01. The SMILES string of the molecule is COc1ccccc1N1CCN([C@@H]2[C@H](O)[C@H](CO)O[C@@H]2CNC(=O)C2CCCC2)CC1. The van der Waals surface area contributed by atoms with Gasteiger partial charge in [0.05, 0.1) is 31.5 Å². The number of aliphatic hydroxyl groups excluding tert-OH is 2. The van der Waals surface area contributed by atoms with Gasteiger partial charge in [0.15, 0.2) is 0 Å². The molecule has 4 atom stereocenters. The van der Waals surface area contributed by atoms with Crippen molar-refractivity contribution >= 4 is 11.6 Å². The number of ether oxygens (including phenoxy) is 2. The molecule has 0 radical (unpaired) electrons. The second kappa shape index (κ2) is 10.2. The van der Waals surface area contributed by atoms with Gasteiger partial charge in [0, 0.05) is 38.6 Å². The lowest BCUT2D eigenvalue weighted by atomic mass is 10.0. The van der Waals surface area contributed by atoms with E-state index < -0.39 is 12.2 Å². The molecule has 1 aromatic rings. The van der Waals surface area contributed by atoms with Crippen molar-refractivity contribution in [3.05, 3.63) is 24.3 Å². The van der Waals surface area contributed by atoms with Crippen molar-refractivity contribution in [2.45, 2.75) is 50.0 Å². The average molecular weight is 434 g/mol. The minimum Gasteiger partial charge on any atom is -0.495 e. The van der Waals surface area contributed by atoms with E-state index in [1.54, 1.807) is 7.11 Å². The van der Waals surface area contributed by atoms with Crippen molar-refractivity contribution in [3.63, 3.8) is 0 Å². The first kappa shape index (κ1) is 22.3. The third-order valence-electron chi connectivity index (χ3n) is 7.01. The maximum Gasteiger partial charge on any atom is 0.223 e. The molecule has 2 saturated heterocycles. The molecule has 1 amide bonds. The number of carbonyl (C=O) groups excluding carboxylic acids is 1. The summed E-state index contributed by atoms with van der Waals surface area (Å²) in [5.41, 5.74) is 1.07. The zero-order valence-corrected chi connectivity index (χ0v) is 18.3. The van der Waals surface area contributed by atoms with Gasteiger partial charge in [-0.1, -0.05) is 25.0 Å². The largest absolute Gasteiger partial charge is 0.495 e. The van der Waals surface area contributed by atoms with Crippen LogP contribution in [0.2, 0.25) is 0 Å². The minimum atomic E-state index is -0.781. The number of carbonyl (C=O) groups is 1. The Morgan fingerprint density at radius 3 is 2.55 bits per heavy atom. The number of benzene rings is 1. The highest BCUT2D eigenvalue weighted by Gasteiger charge is 2.47. The Balaban J connectivity index is 1.38. The molecule has 31 heavy (non-hydrogen) atoms. The Labute approximate surface area is 184 Å². The second-order valence-electron chi connectivity index (χ2n) is 8.80. The van der Waals surface area contributed by atoms with E-state index in [1.807, 2.05) is 18.2 Å². The lowest BCUT2D eigenvalue weighted by Gasteiger charge is -2.41. The van der Waals surface area contributed by atoms with E-state index in [2.05, 4.69) is 21.2 Å². The number of anilines is 1. The fourth-order valence-corrected chi connectivity index (χ4v) is 5.28. The number of para-hydroxylation sites is 2. The maximum atomic E-state index is 12.5. The van der Waals surface area contributed by atoms with E-state index in [0.717, 1.165) is 63.3 Å². The number of nitrogens with one attached hydrogen (secondary N) is 1. The summed E-state index contributed by atoms with van der Waals surface area (Å²) >= 11 is 0. The highest BCUT2D eigenvalue weighted by atomic mass is 16.5. The molecule has 8 nitrogen and oxygen atoms in total. The molecule has 3 fully saturated rings. The number of amides is 1. The normalized spacial score (nSPS) is 30.0. The summed E-state index contributed by atoms with van der Waals surface area (Å²) in [6.45, 7) is 3.25. The number of piperazine rings is 1. The van der Waals surface area contributed by atoms with Crippen LogP contribution in [0.5, 0.6) is 5.75 Å². The summed E-state index contributed by atoms with van der Waals surface area (Å²) in [5, 5.41) is 23.5. The van der Waals surface area contributed by atoms with Gasteiger partial charge in [-0.3, -0.25) is 9.69 Å². The lowest BCUT2D eigenvalue weighted by molar-refractivity contribution is -0.125. The lowest BCUT2D eigenvalue weighted by Crippen LogP contribution is -2.57. The van der Waals surface area contributed by atoms with Crippen LogP contribution in [0.25, 0.3) is 0 Å². The van der Waals surface area contributed by atoms with Gasteiger partial charge >= 0.3 is 0 Å². The Kier molecular flexibility index (Phi) is 7.32. The van der Waals surface area contributed by atoms with Crippen LogP contribution in [0.1, 0.15) is 25.7 Å². The number of aliphatic hydroxyl groups is 2. The van der Waals surface area contributed by atoms with E-state index >= 15 is 0 Å². The summed E-state index contributed by atoms with van der Waals surface area (Å²) in [5.74, 6) is 1.04. The molecule has 3 N–H and O–H groups in total. The molecule has 4 rings (SSSR count). The molecular formula is C23H35N3O5. The van der Waals surface area contributed by atoms with Crippen molar-refractivity contribution in [1.82, 2.24) is 10.2 Å². The molecule has 1 saturated carbocycles. The summed E-state index contributed by atoms with van der Waals surface area (Å²) in [6, 6.07) is 7.75. The first-order valence-corrected chi connectivity index (χ1v) is 11.5. The summed E-state index contributed by atoms with van der Waals surface area (Å²) < 4.78 is 11.5. The predicted molar refractivity (Wildman–Crippen MR) is 117 cm³/mol. The third kappa shape index (κ3) is 4.82. The van der Waals surface area contributed by atoms with Gasteiger partial charge in [0.2, 0.25) is 5.91 Å². The summed E-state index contributed by atoms with van der Waals surface area (Å²) in [6.07, 6.45) is 2.39. The zero-order valence-electron chi connectivity index (χ0n) is 18.3. The van der Waals surface area contributed by atoms with Crippen molar-refractivity contribution in [1.29, 1.82) is 0 Å². The van der Waals surface area contributed by atoms with Gasteiger partial charge in [0.25, 0.3) is 0 Å². The van der Waals surface area contributed by atoms with Gasteiger partial charge in [-0.2, -0.15) is 0 Å². The molecule has 0 aromatic heterocycles. The first-order chi connectivity index (χ1) is 15.1. The Morgan fingerprint density at radius 1 is 1.16 bits per heavy atom. The summed E-state index contributed by atoms with van der Waals surface area (Å²) in [4.78, 5) is 17.0. The molecule has 2 heterocycles. The van der Waals surface area contributed by atoms with Crippen molar-refractivity contribution in [2.75, 3.05) is 51.3 Å². The van der Waals surface area contributed by atoms with Gasteiger partial charge in [-0.05, 0) is 25.0 Å². The number of rotatable bonds is 7. The molecule has 2 aliphatic heterocycles. The Hall–Kier alpha value is -1.87. The van der Waals surface area contributed by atoms with Crippen LogP contribution in [-0.4, -0.2) is 91.8 Å². The standard InChI is InChI=1S/C23H35N3O5/c1-30-18-9-5-4-8-17(18)25-10-12-26(13-11-25)21-19(31-20(15-27)22(21)28)14-24-23(29)16-6-2-3-7-16/h4-5,8-9,16,19-22,27-28H,2-3,6-7,10-15H2,1H3,(H,24,29)/t19-,20+,21+,22-/m1/s1. The topological polar surface area (TPSA) is 94.5 Å². The minimum absolute atomic E-state index is 0.0859. The van der Waals surface area contributed by atoms with Gasteiger partial charge in [0.1, 0.15) is 18.0 Å². The van der Waals surface area contributed by atoms with Crippen LogP contribution in [0.15, 0.2) is 24.3 Å². The van der Waals surface area contributed by atoms with E-state index in [0.29, 0.717) is 6.54 Å². The van der Waals surface area contributed by atoms with Crippen molar-refractivity contribution in [2.24, 2.45) is 5.92 Å². The fourth-order valence-electron chi connectivity index (χ4n) is 5.28. The highest BCUT2D eigenvalue weighted by Crippen LogP contribution is 2.31. The Morgan fingerprint density at radius 2 is 1.87 bits per heavy atom. The number of hydrogen-bond donors (Lipinski definition) is 3. The van der Waals surface area contributed by atoms with Gasteiger partial charge in [-0.15, -0.1) is 0 Å². The van der Waals surface area contributed by atoms with E-state index in [-0.39, 0.29) is 30.6 Å². The molecular weight excluding hydrogens is 398 g/mol. The van der Waals surface area contributed by atoms with E-state index in [4.69, 9.17) is 9.47 Å². The van der Waals surface area contributed by atoms with Crippen LogP contribution in [0.4, 0.5) is 5.69 Å².